The summed E-state index contributed by atoms with van der Waals surface area (Å²) >= 11 is 0. The lowest BCUT2D eigenvalue weighted by Crippen LogP contribution is -2.46. The van der Waals surface area contributed by atoms with Crippen LogP contribution in [0.3, 0.4) is 0 Å². The molecule has 13 heteroatoms. The lowest BCUT2D eigenvalue weighted by atomic mass is 9.99. The molecular weight excluding hydrogens is 569 g/mol. The smallest absolute Gasteiger partial charge is 0.469 e. The van der Waals surface area contributed by atoms with Crippen LogP contribution in [0.15, 0.2) is 53.6 Å². The van der Waals surface area contributed by atoms with E-state index in [0.717, 1.165) is 33.0 Å². The average Bonchev–Trinajstić information content (AvgIpc) is 3.74. The van der Waals surface area contributed by atoms with Crippen molar-refractivity contribution in [1.29, 1.82) is 0 Å². The topological polar surface area (TPSA) is 151 Å². The summed E-state index contributed by atoms with van der Waals surface area (Å²) in [6.07, 6.45) is 2.96. The lowest BCUT2D eigenvalue weighted by molar-refractivity contribution is -0.0504. The van der Waals surface area contributed by atoms with Crippen molar-refractivity contribution in [3.63, 3.8) is 0 Å². The van der Waals surface area contributed by atoms with E-state index in [2.05, 4.69) is 20.6 Å². The molecule has 1 aliphatic heterocycles. The van der Waals surface area contributed by atoms with Crippen molar-refractivity contribution >= 4 is 39.6 Å². The Balaban J connectivity index is 1.29. The van der Waals surface area contributed by atoms with E-state index in [4.69, 9.17) is 19.3 Å². The number of hydrogen-bond donors (Lipinski definition) is 3. The highest BCUT2D eigenvalue weighted by molar-refractivity contribution is 7.92. The summed E-state index contributed by atoms with van der Waals surface area (Å²) in [6, 6.07) is 13.0. The lowest BCUT2D eigenvalue weighted by Gasteiger charge is -2.32. The highest BCUT2D eigenvalue weighted by Gasteiger charge is 2.37. The number of aromatic amines is 1. The van der Waals surface area contributed by atoms with Gasteiger partial charge in [-0.2, -0.15) is 0 Å². The molecule has 11 nitrogen and oxygen atoms in total. The van der Waals surface area contributed by atoms with Crippen LogP contribution in [0.2, 0.25) is 0 Å². The van der Waals surface area contributed by atoms with E-state index in [1.807, 2.05) is 30.0 Å². The van der Waals surface area contributed by atoms with Gasteiger partial charge in [-0.15, -0.1) is 0 Å². The van der Waals surface area contributed by atoms with Crippen LogP contribution in [0.4, 0.5) is 0 Å². The molecule has 3 N–H and O–H groups in total. The van der Waals surface area contributed by atoms with Gasteiger partial charge in [0, 0.05) is 36.6 Å². The van der Waals surface area contributed by atoms with Crippen LogP contribution in [-0.2, 0) is 23.7 Å². The molecular formula is C28H32N3O8PS. The predicted molar refractivity (Wildman–Crippen MR) is 154 cm³/mol. The molecule has 218 valence electrons. The first kappa shape index (κ1) is 28.3. The molecule has 0 bridgehead atoms. The van der Waals surface area contributed by atoms with Crippen molar-refractivity contribution in [3.05, 3.63) is 54.2 Å². The number of nitrogens with one attached hydrogen (secondary N) is 1. The van der Waals surface area contributed by atoms with E-state index in [1.165, 1.54) is 0 Å². The molecule has 2 aliphatic rings. The van der Waals surface area contributed by atoms with E-state index in [1.54, 1.807) is 24.4 Å². The van der Waals surface area contributed by atoms with Gasteiger partial charge in [0.25, 0.3) is 0 Å². The monoisotopic (exact) mass is 601 g/mol. The van der Waals surface area contributed by atoms with Crippen LogP contribution < -0.4 is 4.74 Å². The maximum atomic E-state index is 13.0. The summed E-state index contributed by atoms with van der Waals surface area (Å²) in [5.74, 6) is 0.617. The minimum Gasteiger partial charge on any atom is -0.489 e. The van der Waals surface area contributed by atoms with Crippen LogP contribution in [0.1, 0.15) is 18.4 Å². The molecule has 0 spiro atoms. The zero-order valence-corrected chi connectivity index (χ0v) is 24.2. The van der Waals surface area contributed by atoms with Gasteiger partial charge in [-0.3, -0.25) is 9.42 Å². The van der Waals surface area contributed by atoms with Crippen molar-refractivity contribution in [2.45, 2.75) is 36.0 Å². The van der Waals surface area contributed by atoms with Gasteiger partial charge in [-0.1, -0.05) is 12.1 Å². The first-order valence-electron chi connectivity index (χ1n) is 13.5. The van der Waals surface area contributed by atoms with Crippen molar-refractivity contribution in [1.82, 2.24) is 14.9 Å². The third-order valence-corrected chi connectivity index (χ3v) is 10.2. The molecule has 2 fully saturated rings. The highest BCUT2D eigenvalue weighted by Crippen LogP contribution is 2.41. The number of nitrogens with zero attached hydrogens (tertiary/aromatic N) is 2. The molecule has 3 heterocycles. The molecule has 1 saturated carbocycles. The number of morpholine rings is 1. The second-order valence-electron chi connectivity index (χ2n) is 10.6. The predicted octanol–water partition coefficient (Wildman–Crippen LogP) is 3.82. The van der Waals surface area contributed by atoms with Gasteiger partial charge in [0.1, 0.15) is 24.1 Å². The van der Waals surface area contributed by atoms with E-state index in [0.29, 0.717) is 55.4 Å². The number of phosphoric acid groups is 1. The fraction of sp³-hybridized carbons (Fsp3) is 0.393. The maximum absolute atomic E-state index is 13.0. The van der Waals surface area contributed by atoms with Crippen LogP contribution in [-0.4, -0.2) is 83.9 Å². The largest absolute Gasteiger partial charge is 0.489 e. The Morgan fingerprint density at radius 2 is 2.02 bits per heavy atom. The summed E-state index contributed by atoms with van der Waals surface area (Å²) in [4.78, 5) is 28.2. The molecule has 4 aromatic rings. The summed E-state index contributed by atoms with van der Waals surface area (Å²) < 4.78 is 53.6. The van der Waals surface area contributed by atoms with Crippen LogP contribution in [0, 0.1) is 6.92 Å². The first-order chi connectivity index (χ1) is 19.6. The molecule has 0 radical (unpaired) electrons. The number of phosphoric ester groups is 1. The third-order valence-electron chi connectivity index (χ3n) is 7.46. The number of rotatable bonds is 10. The zero-order chi connectivity index (χ0) is 28.8. The summed E-state index contributed by atoms with van der Waals surface area (Å²) in [6.45, 7) is 4.15. The number of benzene rings is 2. The molecule has 2 aromatic carbocycles. The van der Waals surface area contributed by atoms with Crippen LogP contribution in [0.25, 0.3) is 33.1 Å². The fourth-order valence-corrected chi connectivity index (χ4v) is 7.31. The minimum atomic E-state index is -4.50. The van der Waals surface area contributed by atoms with E-state index in [-0.39, 0.29) is 24.6 Å². The minimum absolute atomic E-state index is 0.0788. The van der Waals surface area contributed by atoms with Gasteiger partial charge in [-0.05, 0) is 66.8 Å². The Morgan fingerprint density at radius 3 is 2.80 bits per heavy atom. The summed E-state index contributed by atoms with van der Waals surface area (Å²) in [7, 11) is -7.84. The van der Waals surface area contributed by atoms with Crippen LogP contribution >= 0.6 is 7.82 Å². The van der Waals surface area contributed by atoms with Crippen LogP contribution in [0.5, 0.6) is 5.75 Å². The molecule has 41 heavy (non-hydrogen) atoms. The standard InChI is InChI=1S/C28H32N3O8PS/c1-18-13-24-26-23(19-3-2-4-22(14-19)41(35,36)21-5-6-21)7-8-25(27(26)30-28(24)29-15-18)38-17-20-16-31(9-11-37-20)10-12-39-40(32,33)34/h2-4,7-8,13-15,20-21H,5-6,9-12,16-17H2,1H3,(H,29,30)(H2,32,33,34)/t20-/m1/s1. The Kier molecular flexibility index (Phi) is 7.67. The third kappa shape index (κ3) is 6.19. The number of aromatic nitrogens is 2. The SMILES string of the molecule is Cc1cnc2[nH]c3c(OC[C@H]4CN(CCOP(=O)(O)O)CCO4)ccc(-c4cccc(S(=O)(=O)C5CC5)c4)c3c2c1. The average molecular weight is 602 g/mol. The van der Waals surface area contributed by atoms with Gasteiger partial charge in [0.05, 0.1) is 28.9 Å². The van der Waals surface area contributed by atoms with Crippen molar-refractivity contribution in [2.24, 2.45) is 0 Å². The molecule has 1 aliphatic carbocycles. The normalized spacial score (nSPS) is 18.8. The molecule has 6 rings (SSSR count). The second-order valence-corrected chi connectivity index (χ2v) is 14.1. The first-order valence-corrected chi connectivity index (χ1v) is 16.6. The maximum Gasteiger partial charge on any atom is 0.469 e. The molecule has 2 aromatic heterocycles. The highest BCUT2D eigenvalue weighted by atomic mass is 32.2. The van der Waals surface area contributed by atoms with Crippen molar-refractivity contribution < 1.29 is 36.8 Å². The Labute approximate surface area is 237 Å². The Morgan fingerprint density at radius 1 is 1.20 bits per heavy atom. The van der Waals surface area contributed by atoms with E-state index < -0.39 is 17.7 Å². The molecule has 1 atom stereocenters. The number of H-pyrrole nitrogens is 1. The van der Waals surface area contributed by atoms with E-state index in [9.17, 15) is 13.0 Å². The zero-order valence-electron chi connectivity index (χ0n) is 22.5. The summed E-state index contributed by atoms with van der Waals surface area (Å²) in [5, 5.41) is 1.53. The quantitative estimate of drug-likeness (QED) is 0.229. The molecule has 1 saturated heterocycles. The van der Waals surface area contributed by atoms with E-state index >= 15 is 0 Å². The number of pyridine rings is 1. The fourth-order valence-electron chi connectivity index (χ4n) is 5.29. The van der Waals surface area contributed by atoms with Gasteiger partial charge in [0.2, 0.25) is 0 Å². The second kappa shape index (κ2) is 11.1. The van der Waals surface area contributed by atoms with Gasteiger partial charge < -0.3 is 24.2 Å². The number of sulfone groups is 1. The van der Waals surface area contributed by atoms with Crippen molar-refractivity contribution in [3.8, 4) is 16.9 Å². The molecule has 0 amide bonds. The van der Waals surface area contributed by atoms with Gasteiger partial charge >= 0.3 is 7.82 Å². The number of hydrogen-bond acceptors (Lipinski definition) is 8. The Hall–Kier alpha value is -2.83. The Bertz CT molecular complexity index is 1750. The van der Waals surface area contributed by atoms with Crippen molar-refractivity contribution in [2.75, 3.05) is 39.5 Å². The molecule has 0 unspecified atom stereocenters. The number of ether oxygens (including phenoxy) is 2. The van der Waals surface area contributed by atoms with Gasteiger partial charge in [0.15, 0.2) is 9.84 Å². The summed E-state index contributed by atoms with van der Waals surface area (Å²) in [5.41, 5.74) is 4.14. The van der Waals surface area contributed by atoms with Gasteiger partial charge in [-0.25, -0.2) is 18.0 Å². The number of fused-ring (bicyclic) bond motifs is 3. The number of aryl methyl sites for hydroxylation is 1.